The number of alkyl halides is 2. The van der Waals surface area contributed by atoms with E-state index < -0.39 is 6.61 Å². The van der Waals surface area contributed by atoms with Crippen molar-refractivity contribution in [3.63, 3.8) is 0 Å². The Morgan fingerprint density at radius 1 is 1.12 bits per heavy atom. The Labute approximate surface area is 149 Å². The second kappa shape index (κ2) is 6.74. The van der Waals surface area contributed by atoms with Gasteiger partial charge in [-0.2, -0.15) is 18.9 Å². The maximum absolute atomic E-state index is 12.8. The summed E-state index contributed by atoms with van der Waals surface area (Å²) in [7, 11) is 0. The Kier molecular flexibility index (Phi) is 4.28. The third-order valence-corrected chi connectivity index (χ3v) is 4.69. The number of halogens is 2. The van der Waals surface area contributed by atoms with Gasteiger partial charge in [-0.15, -0.1) is 0 Å². The predicted octanol–water partition coefficient (Wildman–Crippen LogP) is 4.33. The molecule has 0 spiro atoms. The molecular formula is C19H18F2N4O. The van der Waals surface area contributed by atoms with E-state index in [9.17, 15) is 8.78 Å². The Balaban J connectivity index is 1.74. The third-order valence-electron chi connectivity index (χ3n) is 4.69. The standard InChI is InChI=1S/C19H18F2N4O/c1-12-6-2-3-7-13(12)16-10-15(24-19-22-11-23-25(16)19)14-8-4-5-9-17(14)26-18(20)21/h2-9,11,15-16,18H,10H2,1H3,(H,22,23,24)/t15-,16-/m1/s1. The van der Waals surface area contributed by atoms with Crippen LogP contribution in [0.5, 0.6) is 5.75 Å². The number of rotatable bonds is 4. The summed E-state index contributed by atoms with van der Waals surface area (Å²) in [5, 5.41) is 7.64. The van der Waals surface area contributed by atoms with Gasteiger partial charge in [-0.3, -0.25) is 0 Å². The number of para-hydroxylation sites is 1. The average Bonchev–Trinajstić information content (AvgIpc) is 3.10. The van der Waals surface area contributed by atoms with Crippen molar-refractivity contribution in [2.24, 2.45) is 0 Å². The highest BCUT2D eigenvalue weighted by atomic mass is 19.3. The van der Waals surface area contributed by atoms with Crippen molar-refractivity contribution in [3.05, 3.63) is 71.5 Å². The number of fused-ring (bicyclic) bond motifs is 1. The van der Waals surface area contributed by atoms with Crippen molar-refractivity contribution in [2.75, 3.05) is 5.32 Å². The summed E-state index contributed by atoms with van der Waals surface area (Å²) in [6.45, 7) is -0.813. The molecule has 7 heteroatoms. The van der Waals surface area contributed by atoms with Gasteiger partial charge in [0.05, 0.1) is 12.1 Å². The van der Waals surface area contributed by atoms with Gasteiger partial charge in [-0.1, -0.05) is 42.5 Å². The number of hydrogen-bond donors (Lipinski definition) is 1. The van der Waals surface area contributed by atoms with Crippen molar-refractivity contribution in [1.82, 2.24) is 14.8 Å². The Morgan fingerprint density at radius 2 is 1.85 bits per heavy atom. The molecule has 0 saturated carbocycles. The number of anilines is 1. The molecule has 3 aromatic rings. The Morgan fingerprint density at radius 3 is 2.62 bits per heavy atom. The van der Waals surface area contributed by atoms with E-state index in [0.717, 1.165) is 11.1 Å². The minimum atomic E-state index is -2.87. The molecular weight excluding hydrogens is 338 g/mol. The molecule has 0 radical (unpaired) electrons. The summed E-state index contributed by atoms with van der Waals surface area (Å²) in [6.07, 6.45) is 2.14. The van der Waals surface area contributed by atoms with E-state index in [1.807, 2.05) is 22.9 Å². The zero-order valence-electron chi connectivity index (χ0n) is 14.1. The maximum atomic E-state index is 12.8. The highest BCUT2D eigenvalue weighted by molar-refractivity contribution is 5.44. The number of nitrogens with one attached hydrogen (secondary N) is 1. The van der Waals surface area contributed by atoms with Crippen molar-refractivity contribution >= 4 is 5.95 Å². The maximum Gasteiger partial charge on any atom is 0.387 e. The summed E-state index contributed by atoms with van der Waals surface area (Å²) in [5.41, 5.74) is 2.97. The van der Waals surface area contributed by atoms with Gasteiger partial charge >= 0.3 is 6.61 Å². The second-order valence-corrected chi connectivity index (χ2v) is 6.25. The van der Waals surface area contributed by atoms with Crippen LogP contribution < -0.4 is 10.1 Å². The van der Waals surface area contributed by atoms with Gasteiger partial charge in [0.1, 0.15) is 12.1 Å². The number of nitrogens with zero attached hydrogens (tertiary/aromatic N) is 3. The molecule has 1 aromatic heterocycles. The summed E-state index contributed by atoms with van der Waals surface area (Å²) in [4.78, 5) is 4.28. The van der Waals surface area contributed by atoms with E-state index in [4.69, 9.17) is 4.74 Å². The van der Waals surface area contributed by atoms with E-state index in [-0.39, 0.29) is 17.8 Å². The number of ether oxygens (including phenoxy) is 1. The van der Waals surface area contributed by atoms with Crippen LogP contribution in [0.4, 0.5) is 14.7 Å². The number of aryl methyl sites for hydroxylation is 1. The molecule has 0 fully saturated rings. The SMILES string of the molecule is Cc1ccccc1[C@H]1C[C@H](c2ccccc2OC(F)F)Nc2ncnn21. The molecule has 2 atom stereocenters. The van der Waals surface area contributed by atoms with Gasteiger partial charge in [0.25, 0.3) is 0 Å². The quantitative estimate of drug-likeness (QED) is 0.756. The lowest BCUT2D eigenvalue weighted by Gasteiger charge is -2.33. The molecule has 2 aromatic carbocycles. The van der Waals surface area contributed by atoms with E-state index in [1.165, 1.54) is 6.33 Å². The highest BCUT2D eigenvalue weighted by Crippen LogP contribution is 2.40. The number of aromatic nitrogens is 3. The van der Waals surface area contributed by atoms with E-state index in [2.05, 4.69) is 34.5 Å². The van der Waals surface area contributed by atoms with Crippen LogP contribution in [0.3, 0.4) is 0 Å². The van der Waals surface area contributed by atoms with Crippen LogP contribution in [-0.2, 0) is 0 Å². The van der Waals surface area contributed by atoms with Gasteiger partial charge in [0, 0.05) is 5.56 Å². The van der Waals surface area contributed by atoms with Crippen molar-refractivity contribution in [3.8, 4) is 5.75 Å². The minimum absolute atomic E-state index is 0.0421. The minimum Gasteiger partial charge on any atom is -0.434 e. The largest absolute Gasteiger partial charge is 0.434 e. The predicted molar refractivity (Wildman–Crippen MR) is 93.4 cm³/mol. The fourth-order valence-electron chi connectivity index (χ4n) is 3.52. The van der Waals surface area contributed by atoms with Gasteiger partial charge < -0.3 is 10.1 Å². The van der Waals surface area contributed by atoms with E-state index >= 15 is 0 Å². The lowest BCUT2D eigenvalue weighted by atomic mass is 9.91. The van der Waals surface area contributed by atoms with Crippen molar-refractivity contribution in [1.29, 1.82) is 0 Å². The van der Waals surface area contributed by atoms with Crippen LogP contribution in [0.1, 0.15) is 35.2 Å². The molecule has 0 bridgehead atoms. The molecule has 0 unspecified atom stereocenters. The first kappa shape index (κ1) is 16.5. The number of benzene rings is 2. The third kappa shape index (κ3) is 3.00. The zero-order chi connectivity index (χ0) is 18.1. The second-order valence-electron chi connectivity index (χ2n) is 6.25. The average molecular weight is 356 g/mol. The monoisotopic (exact) mass is 356 g/mol. The van der Waals surface area contributed by atoms with Crippen molar-refractivity contribution in [2.45, 2.75) is 32.0 Å². The van der Waals surface area contributed by atoms with Crippen LogP contribution >= 0.6 is 0 Å². The normalized spacial score (nSPS) is 19.1. The topological polar surface area (TPSA) is 52.0 Å². The molecule has 5 nitrogen and oxygen atoms in total. The van der Waals surface area contributed by atoms with Crippen molar-refractivity contribution < 1.29 is 13.5 Å². The summed E-state index contributed by atoms with van der Waals surface area (Å²) in [6, 6.07) is 14.7. The molecule has 1 aliphatic heterocycles. The van der Waals surface area contributed by atoms with Gasteiger partial charge in [-0.25, -0.2) is 4.68 Å². The summed E-state index contributed by atoms with van der Waals surface area (Å²) < 4.78 is 32.1. The Bertz CT molecular complexity index is 912. The van der Waals surface area contributed by atoms with Gasteiger partial charge in [-0.05, 0) is 30.5 Å². The molecule has 0 aliphatic carbocycles. The fourth-order valence-corrected chi connectivity index (χ4v) is 3.52. The zero-order valence-corrected chi connectivity index (χ0v) is 14.1. The molecule has 2 heterocycles. The lowest BCUT2D eigenvalue weighted by Crippen LogP contribution is -2.28. The fraction of sp³-hybridized carbons (Fsp3) is 0.263. The molecule has 0 amide bonds. The first-order chi connectivity index (χ1) is 12.6. The smallest absolute Gasteiger partial charge is 0.387 e. The molecule has 1 N–H and O–H groups in total. The van der Waals surface area contributed by atoms with Crippen LogP contribution in [-0.4, -0.2) is 21.4 Å². The van der Waals surface area contributed by atoms with Crippen LogP contribution in [0, 0.1) is 6.92 Å². The van der Waals surface area contributed by atoms with Crippen LogP contribution in [0.15, 0.2) is 54.9 Å². The molecule has 26 heavy (non-hydrogen) atoms. The first-order valence-electron chi connectivity index (χ1n) is 8.39. The van der Waals surface area contributed by atoms with Crippen LogP contribution in [0.2, 0.25) is 0 Å². The van der Waals surface area contributed by atoms with Crippen LogP contribution in [0.25, 0.3) is 0 Å². The first-order valence-corrected chi connectivity index (χ1v) is 8.39. The molecule has 4 rings (SSSR count). The lowest BCUT2D eigenvalue weighted by molar-refractivity contribution is -0.0506. The van der Waals surface area contributed by atoms with E-state index in [1.54, 1.807) is 18.2 Å². The molecule has 134 valence electrons. The summed E-state index contributed by atoms with van der Waals surface area (Å²) >= 11 is 0. The Hall–Kier alpha value is -2.96. The summed E-state index contributed by atoms with van der Waals surface area (Å²) in [5.74, 6) is 0.790. The number of hydrogen-bond acceptors (Lipinski definition) is 4. The highest BCUT2D eigenvalue weighted by Gasteiger charge is 2.32. The molecule has 0 saturated heterocycles. The van der Waals surface area contributed by atoms with E-state index in [0.29, 0.717) is 17.9 Å². The molecule has 1 aliphatic rings. The van der Waals surface area contributed by atoms with Gasteiger partial charge in [0.15, 0.2) is 0 Å². The van der Waals surface area contributed by atoms with Gasteiger partial charge in [0.2, 0.25) is 5.95 Å².